The number of hydrogen-bond donors (Lipinski definition) is 0. The molecular formula is C14H19NO4. The lowest BCUT2D eigenvalue weighted by molar-refractivity contribution is -0.152. The Balaban J connectivity index is 2.09. The first-order chi connectivity index (χ1) is 9.19. The van der Waals surface area contributed by atoms with Gasteiger partial charge in [-0.25, -0.2) is 0 Å². The molecule has 1 atom stereocenters. The van der Waals surface area contributed by atoms with E-state index in [1.165, 1.54) is 7.11 Å². The Morgan fingerprint density at radius 1 is 1.32 bits per heavy atom. The minimum absolute atomic E-state index is 0.128. The number of methoxy groups -OCH3 is 3. The molecule has 1 unspecified atom stereocenters. The minimum atomic E-state index is -0.168. The van der Waals surface area contributed by atoms with Gasteiger partial charge in [0.2, 0.25) is 0 Å². The van der Waals surface area contributed by atoms with E-state index in [2.05, 4.69) is 4.90 Å². The first-order valence-corrected chi connectivity index (χ1v) is 6.22. The lowest BCUT2D eigenvalue weighted by Gasteiger charge is -2.38. The molecule has 5 nitrogen and oxygen atoms in total. The van der Waals surface area contributed by atoms with Crippen molar-refractivity contribution in [2.45, 2.75) is 19.0 Å². The molecule has 0 N–H and O–H groups in total. The molecule has 0 aliphatic carbocycles. The molecule has 1 heterocycles. The number of ether oxygens (including phenoxy) is 3. The van der Waals surface area contributed by atoms with Gasteiger partial charge in [0.15, 0.2) is 0 Å². The van der Waals surface area contributed by atoms with Crippen LogP contribution in [0.4, 0.5) is 0 Å². The van der Waals surface area contributed by atoms with E-state index in [-0.39, 0.29) is 12.0 Å². The van der Waals surface area contributed by atoms with Crippen molar-refractivity contribution >= 4 is 5.97 Å². The zero-order valence-corrected chi connectivity index (χ0v) is 11.5. The summed E-state index contributed by atoms with van der Waals surface area (Å²) in [4.78, 5) is 13.6. The van der Waals surface area contributed by atoms with Crippen molar-refractivity contribution in [1.82, 2.24) is 4.90 Å². The van der Waals surface area contributed by atoms with Crippen LogP contribution >= 0.6 is 0 Å². The van der Waals surface area contributed by atoms with E-state index < -0.39 is 0 Å². The highest BCUT2D eigenvalue weighted by molar-refractivity contribution is 5.76. The predicted octanol–water partition coefficient (Wildman–Crippen LogP) is 1.45. The van der Waals surface area contributed by atoms with Crippen LogP contribution in [0.25, 0.3) is 0 Å². The van der Waals surface area contributed by atoms with E-state index >= 15 is 0 Å². The van der Waals surface area contributed by atoms with Gasteiger partial charge in [0.25, 0.3) is 0 Å². The molecule has 104 valence electrons. The fraction of sp³-hybridized carbons (Fsp3) is 0.500. The predicted molar refractivity (Wildman–Crippen MR) is 70.4 cm³/mol. The quantitative estimate of drug-likeness (QED) is 0.754. The summed E-state index contributed by atoms with van der Waals surface area (Å²) in [6.07, 6.45) is 0.852. The molecule has 1 aromatic carbocycles. The van der Waals surface area contributed by atoms with Crippen LogP contribution in [0.1, 0.15) is 12.0 Å². The van der Waals surface area contributed by atoms with Crippen molar-refractivity contribution in [2.75, 3.05) is 27.9 Å². The summed E-state index contributed by atoms with van der Waals surface area (Å²) in [5, 5.41) is 0. The van der Waals surface area contributed by atoms with Gasteiger partial charge in [-0.1, -0.05) is 6.07 Å². The Morgan fingerprint density at radius 3 is 2.63 bits per heavy atom. The molecule has 0 aromatic heterocycles. The van der Waals surface area contributed by atoms with Gasteiger partial charge >= 0.3 is 5.97 Å². The molecule has 1 aromatic rings. The van der Waals surface area contributed by atoms with Crippen LogP contribution in [-0.4, -0.2) is 44.8 Å². The Bertz CT molecular complexity index is 461. The third-order valence-electron chi connectivity index (χ3n) is 3.47. The Hall–Kier alpha value is -1.75. The van der Waals surface area contributed by atoms with Crippen molar-refractivity contribution in [1.29, 1.82) is 0 Å². The average Bonchev–Trinajstić information content (AvgIpc) is 2.43. The van der Waals surface area contributed by atoms with Gasteiger partial charge in [0, 0.05) is 24.7 Å². The summed E-state index contributed by atoms with van der Waals surface area (Å²) in [5.41, 5.74) is 1.04. The smallest absolute Gasteiger partial charge is 0.323 e. The van der Waals surface area contributed by atoms with Gasteiger partial charge in [-0.2, -0.15) is 0 Å². The van der Waals surface area contributed by atoms with Crippen LogP contribution in [0.2, 0.25) is 0 Å². The standard InChI is InChI=1S/C14H19NO4/c1-17-11-5-4-10(13(8-11)18-2)9-15-7-6-12(15)14(16)19-3/h4-5,8,12H,6-7,9H2,1-3H3. The number of hydrogen-bond acceptors (Lipinski definition) is 5. The molecule has 5 heteroatoms. The molecule has 2 rings (SSSR count). The second-order valence-corrected chi connectivity index (χ2v) is 4.48. The average molecular weight is 265 g/mol. The molecule has 1 aliphatic rings. The van der Waals surface area contributed by atoms with Crippen LogP contribution in [0, 0.1) is 0 Å². The topological polar surface area (TPSA) is 48.0 Å². The van der Waals surface area contributed by atoms with E-state index in [0.717, 1.165) is 30.0 Å². The van der Waals surface area contributed by atoms with Crippen LogP contribution in [0.3, 0.4) is 0 Å². The third kappa shape index (κ3) is 2.81. The first kappa shape index (κ1) is 13.7. The Kier molecular flexibility index (Phi) is 4.27. The van der Waals surface area contributed by atoms with Crippen molar-refractivity contribution in [3.63, 3.8) is 0 Å². The van der Waals surface area contributed by atoms with Crippen molar-refractivity contribution in [3.05, 3.63) is 23.8 Å². The number of esters is 1. The van der Waals surface area contributed by atoms with Crippen molar-refractivity contribution in [2.24, 2.45) is 0 Å². The Labute approximate surface area is 113 Å². The highest BCUT2D eigenvalue weighted by atomic mass is 16.5. The van der Waals surface area contributed by atoms with E-state index in [9.17, 15) is 4.79 Å². The minimum Gasteiger partial charge on any atom is -0.497 e. The first-order valence-electron chi connectivity index (χ1n) is 6.22. The summed E-state index contributed by atoms with van der Waals surface area (Å²) in [6.45, 7) is 1.57. The lowest BCUT2D eigenvalue weighted by Crippen LogP contribution is -2.52. The highest BCUT2D eigenvalue weighted by Crippen LogP contribution is 2.29. The molecule has 1 fully saturated rings. The van der Waals surface area contributed by atoms with Gasteiger partial charge in [-0.15, -0.1) is 0 Å². The molecule has 0 spiro atoms. The maximum Gasteiger partial charge on any atom is 0.323 e. The van der Waals surface area contributed by atoms with Crippen LogP contribution in [-0.2, 0) is 16.1 Å². The number of carbonyl (C=O) groups excluding carboxylic acids is 1. The molecule has 0 radical (unpaired) electrons. The monoisotopic (exact) mass is 265 g/mol. The number of carbonyl (C=O) groups is 1. The lowest BCUT2D eigenvalue weighted by atomic mass is 10.0. The van der Waals surface area contributed by atoms with Crippen LogP contribution in [0.5, 0.6) is 11.5 Å². The maximum atomic E-state index is 11.5. The molecular weight excluding hydrogens is 246 g/mol. The van der Waals surface area contributed by atoms with Gasteiger partial charge < -0.3 is 14.2 Å². The zero-order chi connectivity index (χ0) is 13.8. The largest absolute Gasteiger partial charge is 0.497 e. The molecule has 0 amide bonds. The molecule has 1 saturated heterocycles. The summed E-state index contributed by atoms with van der Waals surface area (Å²) < 4.78 is 15.3. The summed E-state index contributed by atoms with van der Waals surface area (Å²) >= 11 is 0. The summed E-state index contributed by atoms with van der Waals surface area (Å²) in [7, 11) is 4.68. The fourth-order valence-corrected chi connectivity index (χ4v) is 2.23. The van der Waals surface area contributed by atoms with Gasteiger partial charge in [-0.05, 0) is 12.5 Å². The van der Waals surface area contributed by atoms with E-state index in [1.807, 2.05) is 18.2 Å². The molecule has 0 bridgehead atoms. The van der Waals surface area contributed by atoms with Gasteiger partial charge in [-0.3, -0.25) is 9.69 Å². The molecule has 1 aliphatic heterocycles. The second-order valence-electron chi connectivity index (χ2n) is 4.48. The molecule has 0 saturated carbocycles. The number of likely N-dealkylation sites (tertiary alicyclic amines) is 1. The SMILES string of the molecule is COC(=O)C1CCN1Cc1ccc(OC)cc1OC. The second kappa shape index (κ2) is 5.93. The fourth-order valence-electron chi connectivity index (χ4n) is 2.23. The summed E-state index contributed by atoms with van der Waals surface area (Å²) in [5.74, 6) is 1.36. The summed E-state index contributed by atoms with van der Waals surface area (Å²) in [6, 6.07) is 5.58. The normalized spacial score (nSPS) is 18.6. The van der Waals surface area contributed by atoms with Gasteiger partial charge in [0.1, 0.15) is 17.5 Å². The van der Waals surface area contributed by atoms with Crippen molar-refractivity contribution in [3.8, 4) is 11.5 Å². The number of nitrogens with zero attached hydrogens (tertiary/aromatic N) is 1. The van der Waals surface area contributed by atoms with Crippen molar-refractivity contribution < 1.29 is 19.0 Å². The van der Waals surface area contributed by atoms with E-state index in [1.54, 1.807) is 14.2 Å². The zero-order valence-electron chi connectivity index (χ0n) is 11.5. The maximum absolute atomic E-state index is 11.5. The molecule has 19 heavy (non-hydrogen) atoms. The highest BCUT2D eigenvalue weighted by Gasteiger charge is 2.35. The van der Waals surface area contributed by atoms with Crippen LogP contribution < -0.4 is 9.47 Å². The third-order valence-corrected chi connectivity index (χ3v) is 3.47. The van der Waals surface area contributed by atoms with Crippen LogP contribution in [0.15, 0.2) is 18.2 Å². The Morgan fingerprint density at radius 2 is 2.11 bits per heavy atom. The number of benzene rings is 1. The number of rotatable bonds is 5. The van der Waals surface area contributed by atoms with E-state index in [4.69, 9.17) is 14.2 Å². The van der Waals surface area contributed by atoms with Gasteiger partial charge in [0.05, 0.1) is 21.3 Å². The van der Waals surface area contributed by atoms with E-state index in [0.29, 0.717) is 6.54 Å².